The number of aliphatic carboxylic acids is 1. The van der Waals surface area contributed by atoms with Gasteiger partial charge in [-0.1, -0.05) is 13.8 Å². The summed E-state index contributed by atoms with van der Waals surface area (Å²) in [6.07, 6.45) is 1.69. The minimum Gasteiger partial charge on any atom is -0.482 e. The third-order valence-corrected chi connectivity index (χ3v) is 3.58. The van der Waals surface area contributed by atoms with Gasteiger partial charge in [-0.25, -0.2) is 9.78 Å². The molecule has 0 unspecified atom stereocenters. The molecule has 0 aliphatic rings. The molecule has 0 amide bonds. The first-order valence-electron chi connectivity index (χ1n) is 7.42. The molecule has 0 atom stereocenters. The van der Waals surface area contributed by atoms with Crippen LogP contribution in [0.25, 0.3) is 11.1 Å². The third kappa shape index (κ3) is 3.80. The average molecular weight is 315 g/mol. The number of carbonyl (C=O) groups is 1. The lowest BCUT2D eigenvalue weighted by atomic mass is 9.93. The highest BCUT2D eigenvalue weighted by molar-refractivity contribution is 5.74. The summed E-state index contributed by atoms with van der Waals surface area (Å²) in [5, 5.41) is 8.82. The standard InChI is InChI=1S/C18H21NO4/c1-11(2)14-9-15(13-6-5-7-19-18(13)22-4)12(3)8-16(14)23-10-17(20)21/h5-9,11H,10H2,1-4H3,(H,20,21). The summed E-state index contributed by atoms with van der Waals surface area (Å²) in [6, 6.07) is 7.72. The zero-order valence-corrected chi connectivity index (χ0v) is 13.8. The number of carboxylic acid groups (broad SMARTS) is 1. The average Bonchev–Trinajstić information content (AvgIpc) is 2.52. The van der Waals surface area contributed by atoms with Crippen LogP contribution in [0.2, 0.25) is 0 Å². The van der Waals surface area contributed by atoms with Crippen molar-refractivity contribution in [1.82, 2.24) is 4.98 Å². The first-order valence-corrected chi connectivity index (χ1v) is 7.42. The number of nitrogens with zero attached hydrogens (tertiary/aromatic N) is 1. The summed E-state index contributed by atoms with van der Waals surface area (Å²) in [6.45, 7) is 5.69. The van der Waals surface area contributed by atoms with E-state index in [9.17, 15) is 4.79 Å². The Morgan fingerprint density at radius 2 is 2.04 bits per heavy atom. The van der Waals surface area contributed by atoms with E-state index in [0.29, 0.717) is 11.6 Å². The van der Waals surface area contributed by atoms with Crippen molar-refractivity contribution in [2.24, 2.45) is 0 Å². The molecule has 0 saturated carbocycles. The quantitative estimate of drug-likeness (QED) is 0.881. The van der Waals surface area contributed by atoms with E-state index in [2.05, 4.69) is 4.98 Å². The van der Waals surface area contributed by atoms with Crippen LogP contribution in [0.3, 0.4) is 0 Å². The molecule has 2 rings (SSSR count). The van der Waals surface area contributed by atoms with Gasteiger partial charge in [0, 0.05) is 11.8 Å². The van der Waals surface area contributed by atoms with Gasteiger partial charge in [0.15, 0.2) is 6.61 Å². The van der Waals surface area contributed by atoms with Gasteiger partial charge in [-0.15, -0.1) is 0 Å². The number of benzene rings is 1. The van der Waals surface area contributed by atoms with Gasteiger partial charge in [0.25, 0.3) is 0 Å². The van der Waals surface area contributed by atoms with Crippen LogP contribution < -0.4 is 9.47 Å². The maximum absolute atomic E-state index is 10.8. The van der Waals surface area contributed by atoms with E-state index < -0.39 is 5.97 Å². The molecule has 2 aromatic rings. The van der Waals surface area contributed by atoms with Gasteiger partial charge in [0.1, 0.15) is 5.75 Å². The molecule has 23 heavy (non-hydrogen) atoms. The summed E-state index contributed by atoms with van der Waals surface area (Å²) >= 11 is 0. The van der Waals surface area contributed by atoms with Crippen LogP contribution in [0.1, 0.15) is 30.9 Å². The molecule has 122 valence electrons. The Morgan fingerprint density at radius 3 is 2.65 bits per heavy atom. The molecular weight excluding hydrogens is 294 g/mol. The summed E-state index contributed by atoms with van der Waals surface area (Å²) in [7, 11) is 1.59. The Kier molecular flexibility index (Phi) is 5.21. The molecule has 0 saturated heterocycles. The molecule has 1 heterocycles. The summed E-state index contributed by atoms with van der Waals surface area (Å²) in [5.74, 6) is 0.368. The smallest absolute Gasteiger partial charge is 0.341 e. The number of carboxylic acids is 1. The fourth-order valence-electron chi connectivity index (χ4n) is 2.46. The highest BCUT2D eigenvalue weighted by Crippen LogP contribution is 2.37. The van der Waals surface area contributed by atoms with Crippen molar-refractivity contribution in [3.8, 4) is 22.8 Å². The van der Waals surface area contributed by atoms with Gasteiger partial charge < -0.3 is 14.6 Å². The number of rotatable bonds is 6. The lowest BCUT2D eigenvalue weighted by Gasteiger charge is -2.18. The lowest BCUT2D eigenvalue weighted by molar-refractivity contribution is -0.139. The SMILES string of the molecule is COc1ncccc1-c1cc(C(C)C)c(OCC(=O)O)cc1C. The number of hydrogen-bond donors (Lipinski definition) is 1. The summed E-state index contributed by atoms with van der Waals surface area (Å²) < 4.78 is 10.8. The zero-order chi connectivity index (χ0) is 17.0. The van der Waals surface area contributed by atoms with Crippen molar-refractivity contribution in [3.63, 3.8) is 0 Å². The largest absolute Gasteiger partial charge is 0.482 e. The van der Waals surface area contributed by atoms with Gasteiger partial charge in [0.05, 0.1) is 7.11 Å². The predicted molar refractivity (Wildman–Crippen MR) is 88.2 cm³/mol. The monoisotopic (exact) mass is 315 g/mol. The summed E-state index contributed by atoms with van der Waals surface area (Å²) in [5.41, 5.74) is 3.83. The molecular formula is C18H21NO4. The highest BCUT2D eigenvalue weighted by atomic mass is 16.5. The molecule has 0 bridgehead atoms. The van der Waals surface area contributed by atoms with Gasteiger partial charge >= 0.3 is 5.97 Å². The first-order chi connectivity index (χ1) is 10.9. The lowest BCUT2D eigenvalue weighted by Crippen LogP contribution is -2.11. The fraction of sp³-hybridized carbons (Fsp3) is 0.333. The third-order valence-electron chi connectivity index (χ3n) is 3.58. The Hall–Kier alpha value is -2.56. The molecule has 5 nitrogen and oxygen atoms in total. The Bertz CT molecular complexity index is 710. The van der Waals surface area contributed by atoms with Gasteiger partial charge in [-0.05, 0) is 53.8 Å². The zero-order valence-electron chi connectivity index (χ0n) is 13.8. The van der Waals surface area contributed by atoms with Gasteiger partial charge in [-0.3, -0.25) is 0 Å². The van der Waals surface area contributed by atoms with Crippen LogP contribution >= 0.6 is 0 Å². The molecule has 1 aromatic carbocycles. The van der Waals surface area contributed by atoms with Crippen LogP contribution in [0.4, 0.5) is 0 Å². The minimum absolute atomic E-state index is 0.195. The van der Waals surface area contributed by atoms with E-state index in [1.54, 1.807) is 13.3 Å². The number of aromatic nitrogens is 1. The second kappa shape index (κ2) is 7.13. The Labute approximate surface area is 135 Å². The highest BCUT2D eigenvalue weighted by Gasteiger charge is 2.16. The van der Waals surface area contributed by atoms with E-state index in [-0.39, 0.29) is 12.5 Å². The van der Waals surface area contributed by atoms with Crippen molar-refractivity contribution < 1.29 is 19.4 Å². The number of methoxy groups -OCH3 is 1. The number of ether oxygens (including phenoxy) is 2. The Morgan fingerprint density at radius 1 is 1.30 bits per heavy atom. The molecule has 0 spiro atoms. The molecule has 0 fully saturated rings. The van der Waals surface area contributed by atoms with E-state index in [1.165, 1.54) is 0 Å². The maximum atomic E-state index is 10.8. The van der Waals surface area contributed by atoms with E-state index >= 15 is 0 Å². The van der Waals surface area contributed by atoms with E-state index in [1.807, 2.05) is 45.0 Å². The van der Waals surface area contributed by atoms with Crippen LogP contribution in [0, 0.1) is 6.92 Å². The normalized spacial score (nSPS) is 10.7. The van der Waals surface area contributed by atoms with Gasteiger partial charge in [0.2, 0.25) is 5.88 Å². The molecule has 1 N–H and O–H groups in total. The number of aryl methyl sites for hydroxylation is 1. The van der Waals surface area contributed by atoms with Crippen LogP contribution in [0.15, 0.2) is 30.5 Å². The maximum Gasteiger partial charge on any atom is 0.341 e. The van der Waals surface area contributed by atoms with Crippen molar-refractivity contribution in [2.75, 3.05) is 13.7 Å². The molecule has 0 aliphatic carbocycles. The molecule has 5 heteroatoms. The van der Waals surface area contributed by atoms with Crippen molar-refractivity contribution >= 4 is 5.97 Å². The molecule has 0 aliphatic heterocycles. The van der Waals surface area contributed by atoms with Crippen LogP contribution in [-0.4, -0.2) is 29.8 Å². The first kappa shape index (κ1) is 16.8. The van der Waals surface area contributed by atoms with Gasteiger partial charge in [-0.2, -0.15) is 0 Å². The molecule has 1 aromatic heterocycles. The second-order valence-corrected chi connectivity index (χ2v) is 5.60. The van der Waals surface area contributed by atoms with Crippen LogP contribution in [-0.2, 0) is 4.79 Å². The topological polar surface area (TPSA) is 68.7 Å². The van der Waals surface area contributed by atoms with Crippen molar-refractivity contribution in [3.05, 3.63) is 41.6 Å². The Balaban J connectivity index is 2.54. The van der Waals surface area contributed by atoms with Crippen molar-refractivity contribution in [2.45, 2.75) is 26.7 Å². The van der Waals surface area contributed by atoms with E-state index in [4.69, 9.17) is 14.6 Å². The minimum atomic E-state index is -0.990. The summed E-state index contributed by atoms with van der Waals surface area (Å²) in [4.78, 5) is 15.0. The number of pyridine rings is 1. The number of hydrogen-bond acceptors (Lipinski definition) is 4. The second-order valence-electron chi connectivity index (χ2n) is 5.60. The van der Waals surface area contributed by atoms with E-state index in [0.717, 1.165) is 22.3 Å². The van der Waals surface area contributed by atoms with Crippen LogP contribution in [0.5, 0.6) is 11.6 Å². The molecule has 0 radical (unpaired) electrons. The van der Waals surface area contributed by atoms with Crippen molar-refractivity contribution in [1.29, 1.82) is 0 Å². The predicted octanol–water partition coefficient (Wildman–Crippen LogP) is 3.65. The fourth-order valence-corrected chi connectivity index (χ4v) is 2.46.